The molecule has 0 radical (unpaired) electrons. The van der Waals surface area contributed by atoms with E-state index in [1.54, 1.807) is 27.9 Å². The van der Waals surface area contributed by atoms with Crippen LogP contribution in [0.5, 0.6) is 0 Å². The van der Waals surface area contributed by atoms with E-state index in [0.29, 0.717) is 9.54 Å². The van der Waals surface area contributed by atoms with Gasteiger partial charge in [0.25, 0.3) is 0 Å². The molecule has 45 heavy (non-hydrogen) atoms. The minimum atomic E-state index is -5.84. The van der Waals surface area contributed by atoms with Crippen LogP contribution < -0.4 is 0 Å². The molecular formula is C29H36F6O6S2SiZr. The summed E-state index contributed by atoms with van der Waals surface area (Å²) >= 11 is -3.29. The Morgan fingerprint density at radius 3 is 1.58 bits per heavy atom. The fraction of sp³-hybridized carbons (Fsp3) is 0.379. The molecule has 4 rings (SSSR count). The molecule has 0 saturated carbocycles. The molecule has 6 nitrogen and oxygen atoms in total. The zero-order valence-electron chi connectivity index (χ0n) is 25.7. The van der Waals surface area contributed by atoms with Gasteiger partial charge in [0.05, 0.1) is 0 Å². The molecular weight excluding hydrogens is 742 g/mol. The van der Waals surface area contributed by atoms with Gasteiger partial charge in [-0.2, -0.15) is 43.2 Å². The van der Waals surface area contributed by atoms with Crippen molar-refractivity contribution in [2.75, 3.05) is 0 Å². The number of alkyl halides is 6. The molecule has 250 valence electrons. The number of hydrogen-bond acceptors (Lipinski definition) is 4. The predicted molar refractivity (Wildman–Crippen MR) is 164 cm³/mol. The van der Waals surface area contributed by atoms with Gasteiger partial charge in [0, 0.05) is 0 Å². The first kappa shape index (κ1) is 39.3. The Morgan fingerprint density at radius 2 is 1.20 bits per heavy atom. The van der Waals surface area contributed by atoms with E-state index in [4.69, 9.17) is 25.9 Å². The van der Waals surface area contributed by atoms with Crippen LogP contribution in [0.25, 0.3) is 17.2 Å². The summed E-state index contributed by atoms with van der Waals surface area (Å²) in [5.74, 6) is 0.599. The van der Waals surface area contributed by atoms with Crippen molar-refractivity contribution in [3.05, 3.63) is 85.2 Å². The van der Waals surface area contributed by atoms with Gasteiger partial charge in [0.2, 0.25) is 0 Å². The van der Waals surface area contributed by atoms with Crippen LogP contribution in [0.4, 0.5) is 26.3 Å². The molecule has 0 amide bonds. The normalized spacial score (nSPS) is 19.3. The third kappa shape index (κ3) is 8.36. The van der Waals surface area contributed by atoms with Crippen molar-refractivity contribution in [3.8, 4) is 11.1 Å². The van der Waals surface area contributed by atoms with Gasteiger partial charge in [-0.3, -0.25) is 9.11 Å². The van der Waals surface area contributed by atoms with Crippen LogP contribution in [0.2, 0.25) is 9.26 Å². The number of halogens is 6. The summed E-state index contributed by atoms with van der Waals surface area (Å²) in [5.41, 5.74) is 0.977. The second-order valence-electron chi connectivity index (χ2n) is 12.2. The molecule has 0 aromatic heterocycles. The third-order valence-corrected chi connectivity index (χ3v) is 27.0. The SMILES string of the molecule is CC1=Cc2c(-c3ccccc3)cccc2[CH]1[Zr]([CH3])([CH3])(=[SiH2])[C]1=C(C)C(C)=C(C)C1C.O=S(=O)(O)C(F)(F)F.O=S(=O)(O)C(F)(F)F. The zero-order chi connectivity index (χ0) is 35.2. The first-order valence-electron chi connectivity index (χ1n) is 13.4. The first-order valence-corrected chi connectivity index (χ1v) is 29.8. The van der Waals surface area contributed by atoms with E-state index in [2.05, 4.69) is 105 Å². The first-order chi connectivity index (χ1) is 20.0. The maximum atomic E-state index is 10.7. The summed E-state index contributed by atoms with van der Waals surface area (Å²) in [6, 6.07) is 17.9. The third-order valence-electron chi connectivity index (χ3n) is 8.40. The largest absolute Gasteiger partial charge is 0.522 e. The number of hydrogen-bond donors (Lipinski definition) is 2. The van der Waals surface area contributed by atoms with E-state index in [9.17, 15) is 26.3 Å². The van der Waals surface area contributed by atoms with Gasteiger partial charge in [-0.15, -0.1) is 0 Å². The van der Waals surface area contributed by atoms with Crippen molar-refractivity contribution >= 4 is 33.2 Å². The Bertz CT molecular complexity index is 1810. The molecule has 2 aliphatic carbocycles. The van der Waals surface area contributed by atoms with Crippen LogP contribution in [0.1, 0.15) is 49.4 Å². The monoisotopic (exact) mass is 776 g/mol. The maximum absolute atomic E-state index is 10.7. The minimum Gasteiger partial charge on any atom is -0.279 e. The Hall–Kier alpha value is -1.84. The average molecular weight is 778 g/mol. The van der Waals surface area contributed by atoms with Crippen molar-refractivity contribution < 1.29 is 69.7 Å². The molecule has 16 heteroatoms. The maximum Gasteiger partial charge on any atom is 0.522 e. The van der Waals surface area contributed by atoms with Crippen LogP contribution in [0.3, 0.4) is 0 Å². The van der Waals surface area contributed by atoms with E-state index in [1.807, 2.05) is 3.28 Å². The number of allylic oxidation sites excluding steroid dienone is 5. The summed E-state index contributed by atoms with van der Waals surface area (Å²) in [6.07, 6.45) is 2.50. The summed E-state index contributed by atoms with van der Waals surface area (Å²) in [4.78, 5) is 0. The van der Waals surface area contributed by atoms with Crippen molar-refractivity contribution in [1.29, 1.82) is 0 Å². The van der Waals surface area contributed by atoms with Gasteiger partial charge in [-0.1, -0.05) is 0 Å². The van der Waals surface area contributed by atoms with E-state index in [0.717, 1.165) is 0 Å². The summed E-state index contributed by atoms with van der Waals surface area (Å²) in [5, 5.41) is 0. The van der Waals surface area contributed by atoms with Crippen LogP contribution in [0, 0.1) is 5.92 Å². The molecule has 0 spiro atoms. The van der Waals surface area contributed by atoms with E-state index >= 15 is 0 Å². The molecule has 2 aromatic rings. The molecule has 0 bridgehead atoms. The Kier molecular flexibility index (Phi) is 11.4. The van der Waals surface area contributed by atoms with Gasteiger partial charge >= 0.3 is 211 Å². The average Bonchev–Trinajstić information content (AvgIpc) is 3.32. The molecule has 2 N–H and O–H groups in total. The van der Waals surface area contributed by atoms with Gasteiger partial charge < -0.3 is 0 Å². The van der Waals surface area contributed by atoms with E-state index < -0.39 is 48.7 Å². The van der Waals surface area contributed by atoms with E-state index in [-0.39, 0.29) is 0 Å². The quantitative estimate of drug-likeness (QED) is 0.141. The van der Waals surface area contributed by atoms with Crippen LogP contribution >= 0.6 is 0 Å². The van der Waals surface area contributed by atoms with Crippen LogP contribution in [-0.4, -0.2) is 43.8 Å². The molecule has 2 aliphatic rings. The van der Waals surface area contributed by atoms with Crippen LogP contribution in [0.15, 0.2) is 74.1 Å². The van der Waals surface area contributed by atoms with Gasteiger partial charge in [-0.05, 0) is 0 Å². The molecule has 0 aliphatic heterocycles. The Labute approximate surface area is 262 Å². The second kappa shape index (κ2) is 13.0. The molecule has 2 aromatic carbocycles. The molecule has 2 unspecified atom stereocenters. The Balaban J connectivity index is 0.000000365. The zero-order valence-corrected chi connectivity index (χ0v) is 31.2. The number of fused-ring (bicyclic) bond motifs is 1. The standard InChI is InChI=1S/C16H13.C9H13.2CHF3O3S.2CH3.H2Si.Zr/c1-12-10-14-8-5-9-15(16(14)11-12)13-6-3-2-4-7-13;1-6-5-7(2)9(4)8(6)3;2*2-1(3,4)8(5,6)7;;;;/h2-11H,1H3;6H,1-4H3;2*(H,5,6,7);2*1H3;1H2;. The number of rotatable bonds is 3. The topological polar surface area (TPSA) is 109 Å². The fourth-order valence-corrected chi connectivity index (χ4v) is 28.2. The minimum absolute atomic E-state index is 0.597. The van der Waals surface area contributed by atoms with Crippen molar-refractivity contribution in [2.45, 2.75) is 58.5 Å². The predicted octanol–water partition coefficient (Wildman–Crippen LogP) is 8.19. The van der Waals surface area contributed by atoms with Crippen molar-refractivity contribution in [3.63, 3.8) is 0 Å². The molecule has 2 atom stereocenters. The van der Waals surface area contributed by atoms with Crippen molar-refractivity contribution in [1.82, 2.24) is 0 Å². The van der Waals surface area contributed by atoms with Crippen LogP contribution in [-0.2, 0) is 37.6 Å². The Morgan fingerprint density at radius 1 is 0.756 bits per heavy atom. The van der Waals surface area contributed by atoms with Crippen molar-refractivity contribution in [2.24, 2.45) is 5.92 Å². The smallest absolute Gasteiger partial charge is 0.279 e. The summed E-state index contributed by atoms with van der Waals surface area (Å²) < 4.78 is 123. The number of benzene rings is 2. The fourth-order valence-electron chi connectivity index (χ4n) is 6.50. The second-order valence-corrected chi connectivity index (χ2v) is 44.5. The van der Waals surface area contributed by atoms with E-state index in [1.165, 1.54) is 16.7 Å². The summed E-state index contributed by atoms with van der Waals surface area (Å²) in [6.45, 7) is 14.3. The molecule has 0 heterocycles. The van der Waals surface area contributed by atoms with Gasteiger partial charge in [0.15, 0.2) is 0 Å². The van der Waals surface area contributed by atoms with Gasteiger partial charge in [-0.25, -0.2) is 0 Å². The van der Waals surface area contributed by atoms with Gasteiger partial charge in [0.1, 0.15) is 0 Å². The summed E-state index contributed by atoms with van der Waals surface area (Å²) in [7, 11) is -11.7. The molecule has 0 fully saturated rings. The molecule has 0 saturated heterocycles.